The Balaban J connectivity index is 0.926. The van der Waals surface area contributed by atoms with Crippen molar-refractivity contribution in [1.29, 1.82) is 0 Å². The zero-order valence-electron chi connectivity index (χ0n) is 34.3. The lowest BCUT2D eigenvalue weighted by atomic mass is 9.99. The Labute approximate surface area is 376 Å². The molecule has 13 nitrogen and oxygen atoms in total. The van der Waals surface area contributed by atoms with Gasteiger partial charge in [-0.2, -0.15) is 0 Å². The molecule has 0 saturated carbocycles. The maximum Gasteiger partial charge on any atom is 0.293 e. The Kier molecular flexibility index (Phi) is 14.1. The van der Waals surface area contributed by atoms with E-state index in [0.717, 1.165) is 60.5 Å². The van der Waals surface area contributed by atoms with Crippen molar-refractivity contribution in [1.82, 2.24) is 25.2 Å². The summed E-state index contributed by atoms with van der Waals surface area (Å²) in [5, 5.41) is 20.5. The molecule has 1 atom stereocenters. The standard InChI is InChI=1S/C47H46ClN9O4S2/c48-37-12-10-35(11-13-37)42-9-5-4-6-36(42)31-55-24-26-56(27-25-55)39-14-16-43-45(28-39)51-33-52-47(43)54-63(60,61)41-15-17-44(46(29-41)57(58)59)53-38(32-62-40-7-2-1-3-8-40)20-23-50-30-34-18-21-49-22-19-34/h1-19,21-22,28-29,33,38,50,53H,20,23-27,30-32H2,(H,51,52,54). The molecule has 0 spiro atoms. The van der Waals surface area contributed by atoms with Crippen molar-refractivity contribution in [3.63, 3.8) is 0 Å². The minimum Gasteiger partial charge on any atom is -0.376 e. The third-order valence-electron chi connectivity index (χ3n) is 10.9. The molecule has 0 radical (unpaired) electrons. The number of nitro benzene ring substituents is 1. The molecule has 3 heterocycles. The van der Waals surface area contributed by atoms with E-state index in [1.165, 1.54) is 29.6 Å². The van der Waals surface area contributed by atoms with Gasteiger partial charge in [0.1, 0.15) is 12.0 Å². The summed E-state index contributed by atoms with van der Waals surface area (Å²) in [4.78, 5) is 30.3. The lowest BCUT2D eigenvalue weighted by Gasteiger charge is -2.36. The molecule has 63 heavy (non-hydrogen) atoms. The Hall–Kier alpha value is -6.10. The number of fused-ring (bicyclic) bond motifs is 1. The molecule has 1 saturated heterocycles. The van der Waals surface area contributed by atoms with Gasteiger partial charge in [-0.3, -0.25) is 24.7 Å². The number of hydrogen-bond acceptors (Lipinski definition) is 12. The smallest absolute Gasteiger partial charge is 0.293 e. The fraction of sp³-hybridized carbons (Fsp3) is 0.213. The number of rotatable bonds is 18. The van der Waals surface area contributed by atoms with Crippen LogP contribution in [-0.4, -0.2) is 77.7 Å². The Morgan fingerprint density at radius 2 is 1.60 bits per heavy atom. The number of thioether (sulfide) groups is 1. The number of piperazine rings is 1. The molecule has 1 unspecified atom stereocenters. The summed E-state index contributed by atoms with van der Waals surface area (Å²) in [6.45, 7) is 5.46. The van der Waals surface area contributed by atoms with Crippen LogP contribution in [-0.2, 0) is 23.1 Å². The molecule has 0 aliphatic carbocycles. The van der Waals surface area contributed by atoms with E-state index in [1.54, 1.807) is 24.2 Å². The fourth-order valence-electron chi connectivity index (χ4n) is 7.58. The first-order chi connectivity index (χ1) is 30.7. The highest BCUT2D eigenvalue weighted by Crippen LogP contribution is 2.33. The van der Waals surface area contributed by atoms with Crippen molar-refractivity contribution < 1.29 is 13.3 Å². The van der Waals surface area contributed by atoms with Gasteiger partial charge in [0.15, 0.2) is 5.82 Å². The minimum absolute atomic E-state index is 0.0813. The zero-order valence-corrected chi connectivity index (χ0v) is 36.7. The summed E-state index contributed by atoms with van der Waals surface area (Å²) < 4.78 is 30.3. The largest absolute Gasteiger partial charge is 0.376 e. The molecular formula is C47H46ClN9O4S2. The number of sulfonamides is 1. The van der Waals surface area contributed by atoms with Crippen LogP contribution in [0.25, 0.3) is 22.0 Å². The number of halogens is 1. The topological polar surface area (TPSA) is 159 Å². The summed E-state index contributed by atoms with van der Waals surface area (Å²) >= 11 is 7.79. The number of benzene rings is 5. The summed E-state index contributed by atoms with van der Waals surface area (Å²) in [6.07, 6.45) is 5.47. The van der Waals surface area contributed by atoms with Crippen LogP contribution in [0.3, 0.4) is 0 Å². The van der Waals surface area contributed by atoms with Gasteiger partial charge in [0.2, 0.25) is 0 Å². The van der Waals surface area contributed by atoms with Crippen LogP contribution in [0.5, 0.6) is 0 Å². The van der Waals surface area contributed by atoms with Crippen LogP contribution in [0.1, 0.15) is 17.5 Å². The number of anilines is 3. The fourth-order valence-corrected chi connectivity index (χ4v) is 9.74. The van der Waals surface area contributed by atoms with E-state index in [4.69, 9.17) is 11.6 Å². The first-order valence-corrected chi connectivity index (χ1v) is 23.4. The van der Waals surface area contributed by atoms with Gasteiger partial charge in [0, 0.05) is 90.5 Å². The van der Waals surface area contributed by atoms with Crippen LogP contribution < -0.4 is 20.3 Å². The predicted octanol–water partition coefficient (Wildman–Crippen LogP) is 9.13. The number of nitro groups is 1. The van der Waals surface area contributed by atoms with E-state index in [0.29, 0.717) is 41.2 Å². The molecule has 1 aliphatic rings. The molecule has 2 aromatic heterocycles. The van der Waals surface area contributed by atoms with E-state index in [-0.39, 0.29) is 28.1 Å². The second-order valence-corrected chi connectivity index (χ2v) is 18.4. The SMILES string of the molecule is O=[N+]([O-])c1cc(S(=O)(=O)Nc2ncnc3cc(N4CCN(Cc5ccccc5-c5ccc(Cl)cc5)CC4)ccc23)ccc1NC(CCNCc1ccncc1)CSc1ccccc1. The van der Waals surface area contributed by atoms with E-state index in [2.05, 4.69) is 76.5 Å². The van der Waals surface area contributed by atoms with E-state index in [1.807, 2.05) is 72.8 Å². The molecule has 7 aromatic rings. The third kappa shape index (κ3) is 11.3. The summed E-state index contributed by atoms with van der Waals surface area (Å²) in [5.41, 5.74) is 6.11. The van der Waals surface area contributed by atoms with Gasteiger partial charge in [0.25, 0.3) is 15.7 Å². The van der Waals surface area contributed by atoms with E-state index < -0.39 is 14.9 Å². The average molecular weight is 901 g/mol. The molecule has 3 N–H and O–H groups in total. The van der Waals surface area contributed by atoms with Crippen LogP contribution in [0.4, 0.5) is 22.9 Å². The van der Waals surface area contributed by atoms with Crippen molar-refractivity contribution in [2.24, 2.45) is 0 Å². The predicted molar refractivity (Wildman–Crippen MR) is 253 cm³/mol. The normalized spacial score (nSPS) is 13.8. The molecule has 16 heteroatoms. The van der Waals surface area contributed by atoms with Gasteiger partial charge in [-0.15, -0.1) is 11.8 Å². The van der Waals surface area contributed by atoms with Gasteiger partial charge in [-0.25, -0.2) is 18.4 Å². The summed E-state index contributed by atoms with van der Waals surface area (Å²) in [5.74, 6) is 0.706. The highest BCUT2D eigenvalue weighted by Gasteiger charge is 2.25. The number of nitrogens with one attached hydrogen (secondary N) is 3. The van der Waals surface area contributed by atoms with Gasteiger partial charge >= 0.3 is 0 Å². The van der Waals surface area contributed by atoms with Gasteiger partial charge in [-0.05, 0) is 102 Å². The second kappa shape index (κ2) is 20.4. The number of hydrogen-bond donors (Lipinski definition) is 3. The van der Waals surface area contributed by atoms with E-state index >= 15 is 0 Å². The molecule has 1 fully saturated rings. The van der Waals surface area contributed by atoms with Crippen LogP contribution in [0.2, 0.25) is 5.02 Å². The Bertz CT molecular complexity index is 2760. The lowest BCUT2D eigenvalue weighted by molar-refractivity contribution is -0.384. The second-order valence-electron chi connectivity index (χ2n) is 15.2. The Morgan fingerprint density at radius 1 is 0.841 bits per heavy atom. The van der Waals surface area contributed by atoms with Crippen molar-refractivity contribution in [2.75, 3.05) is 53.4 Å². The van der Waals surface area contributed by atoms with Crippen LogP contribution in [0.15, 0.2) is 156 Å². The van der Waals surface area contributed by atoms with Crippen molar-refractivity contribution in [3.05, 3.63) is 172 Å². The number of pyridine rings is 1. The highest BCUT2D eigenvalue weighted by atomic mass is 35.5. The molecule has 8 rings (SSSR count). The molecule has 0 amide bonds. The van der Waals surface area contributed by atoms with E-state index in [9.17, 15) is 18.5 Å². The van der Waals surface area contributed by atoms with Gasteiger partial charge in [0.05, 0.1) is 15.3 Å². The average Bonchev–Trinajstić information content (AvgIpc) is 3.31. The maximum atomic E-state index is 13.8. The van der Waals surface area contributed by atoms with Crippen molar-refractivity contribution >= 4 is 67.2 Å². The Morgan fingerprint density at radius 3 is 2.38 bits per heavy atom. The summed E-state index contributed by atoms with van der Waals surface area (Å²) in [6, 6.07) is 39.7. The summed E-state index contributed by atoms with van der Waals surface area (Å²) in [7, 11) is -4.29. The zero-order chi connectivity index (χ0) is 43.6. The molecule has 0 bridgehead atoms. The van der Waals surface area contributed by atoms with Crippen molar-refractivity contribution in [3.8, 4) is 11.1 Å². The van der Waals surface area contributed by atoms with Crippen LogP contribution >= 0.6 is 23.4 Å². The van der Waals surface area contributed by atoms with Crippen molar-refractivity contribution in [2.45, 2.75) is 35.3 Å². The van der Waals surface area contributed by atoms with Gasteiger partial charge in [-0.1, -0.05) is 66.2 Å². The van der Waals surface area contributed by atoms with Gasteiger partial charge < -0.3 is 15.5 Å². The number of nitrogens with zero attached hydrogens (tertiary/aromatic N) is 6. The maximum absolute atomic E-state index is 13.8. The molecule has 5 aromatic carbocycles. The first kappa shape index (κ1) is 43.5. The van der Waals surface area contributed by atoms with Crippen LogP contribution in [0, 0.1) is 10.1 Å². The third-order valence-corrected chi connectivity index (χ3v) is 13.7. The molecule has 1 aliphatic heterocycles. The highest BCUT2D eigenvalue weighted by molar-refractivity contribution is 7.99. The number of aromatic nitrogens is 3. The lowest BCUT2D eigenvalue weighted by Crippen LogP contribution is -2.46. The quantitative estimate of drug-likeness (QED) is 0.0325. The molecule has 322 valence electrons. The first-order valence-electron chi connectivity index (χ1n) is 20.6. The minimum atomic E-state index is -4.29. The monoisotopic (exact) mass is 899 g/mol. The molecular weight excluding hydrogens is 854 g/mol.